The van der Waals surface area contributed by atoms with Crippen molar-refractivity contribution in [3.63, 3.8) is 0 Å². The molecule has 1 unspecified atom stereocenters. The van der Waals surface area contributed by atoms with Crippen molar-refractivity contribution in [3.8, 4) is 0 Å². The van der Waals surface area contributed by atoms with Crippen LogP contribution in [0.5, 0.6) is 0 Å². The van der Waals surface area contributed by atoms with E-state index < -0.39 is 7.60 Å². The Balaban J connectivity index is 3.31. The maximum Gasteiger partial charge on any atom is 0.327 e. The van der Waals surface area contributed by atoms with E-state index in [1.54, 1.807) is 14.0 Å². The third kappa shape index (κ3) is 6.51. The van der Waals surface area contributed by atoms with E-state index in [1.807, 2.05) is 0 Å². The van der Waals surface area contributed by atoms with Gasteiger partial charge < -0.3 is 14.2 Å². The molecule has 0 fully saturated rings. The van der Waals surface area contributed by atoms with E-state index in [1.165, 1.54) is 0 Å². The van der Waals surface area contributed by atoms with Crippen molar-refractivity contribution in [2.24, 2.45) is 0 Å². The molecule has 0 aromatic rings. The van der Waals surface area contributed by atoms with E-state index >= 15 is 0 Å². The van der Waals surface area contributed by atoms with Gasteiger partial charge in [-0.1, -0.05) is 6.92 Å². The number of rotatable bonds is 6. The van der Waals surface area contributed by atoms with Crippen molar-refractivity contribution < 1.29 is 18.7 Å². The Hall–Kier alpha value is 0.110. The maximum atomic E-state index is 10.8. The van der Waals surface area contributed by atoms with E-state index in [4.69, 9.17) is 14.2 Å². The summed E-state index contributed by atoms with van der Waals surface area (Å²) in [5.74, 6) is 0. The van der Waals surface area contributed by atoms with Crippen molar-refractivity contribution in [1.82, 2.24) is 0 Å². The van der Waals surface area contributed by atoms with Crippen LogP contribution in [0, 0.1) is 0 Å². The highest BCUT2D eigenvalue weighted by Crippen LogP contribution is 2.40. The summed E-state index contributed by atoms with van der Waals surface area (Å²) in [4.78, 5) is 8.92. The quantitative estimate of drug-likeness (QED) is 0.496. The molecule has 0 aromatic heterocycles. The monoisotopic (exact) mass is 182 g/mol. The van der Waals surface area contributed by atoms with Crippen LogP contribution in [0.3, 0.4) is 0 Å². The fourth-order valence-electron chi connectivity index (χ4n) is 0.502. The maximum absolute atomic E-state index is 10.8. The van der Waals surface area contributed by atoms with Crippen molar-refractivity contribution in [2.75, 3.05) is 26.5 Å². The minimum atomic E-state index is -3.27. The minimum absolute atomic E-state index is 0.167. The second-order valence-electron chi connectivity index (χ2n) is 2.13. The third-order valence-electron chi connectivity index (χ3n) is 1.19. The highest BCUT2D eigenvalue weighted by molar-refractivity contribution is 7.52. The van der Waals surface area contributed by atoms with Crippen LogP contribution in [0.2, 0.25) is 0 Å². The Labute approximate surface area is 67.0 Å². The smallest absolute Gasteiger partial charge is 0.327 e. The van der Waals surface area contributed by atoms with Crippen LogP contribution in [0.25, 0.3) is 0 Å². The lowest BCUT2D eigenvalue weighted by molar-refractivity contribution is 0.166. The number of methoxy groups -OCH3 is 1. The lowest BCUT2D eigenvalue weighted by Gasteiger charge is -2.08. The van der Waals surface area contributed by atoms with Gasteiger partial charge >= 0.3 is 7.60 Å². The molecule has 0 amide bonds. The molecule has 1 N–H and O–H groups in total. The van der Waals surface area contributed by atoms with Gasteiger partial charge in [0.2, 0.25) is 0 Å². The molecular formula is C6H15O4P. The van der Waals surface area contributed by atoms with Crippen molar-refractivity contribution in [3.05, 3.63) is 0 Å². The molecule has 0 spiro atoms. The average Bonchev–Trinajstić information content (AvgIpc) is 1.99. The normalized spacial score (nSPS) is 16.3. The van der Waals surface area contributed by atoms with Gasteiger partial charge in [0.25, 0.3) is 0 Å². The van der Waals surface area contributed by atoms with E-state index in [0.29, 0.717) is 13.0 Å². The first-order chi connectivity index (χ1) is 5.12. The van der Waals surface area contributed by atoms with Crippen LogP contribution in [-0.4, -0.2) is 31.4 Å². The highest BCUT2D eigenvalue weighted by Gasteiger charge is 2.14. The van der Waals surface area contributed by atoms with Gasteiger partial charge in [-0.3, -0.25) is 4.57 Å². The summed E-state index contributed by atoms with van der Waals surface area (Å²) >= 11 is 0. The van der Waals surface area contributed by atoms with Crippen LogP contribution < -0.4 is 0 Å². The number of hydrogen-bond acceptors (Lipinski definition) is 3. The van der Waals surface area contributed by atoms with Gasteiger partial charge in [0, 0.05) is 19.9 Å². The summed E-state index contributed by atoms with van der Waals surface area (Å²) in [6.07, 6.45) is 0.820. The molecule has 0 radical (unpaired) electrons. The molecule has 0 rings (SSSR count). The van der Waals surface area contributed by atoms with Crippen molar-refractivity contribution >= 4 is 7.60 Å². The summed E-state index contributed by atoms with van der Waals surface area (Å²) < 4.78 is 20.3. The lowest BCUT2D eigenvalue weighted by atomic mass is 10.5. The van der Waals surface area contributed by atoms with Crippen LogP contribution in [0.15, 0.2) is 0 Å². The molecule has 0 aliphatic rings. The zero-order valence-corrected chi connectivity index (χ0v) is 7.84. The predicted octanol–water partition coefficient (Wildman–Crippen LogP) is 1.24. The molecule has 0 aliphatic heterocycles. The molecule has 11 heavy (non-hydrogen) atoms. The van der Waals surface area contributed by atoms with E-state index in [9.17, 15) is 4.57 Å². The van der Waals surface area contributed by atoms with Crippen LogP contribution in [-0.2, 0) is 13.8 Å². The standard InChI is InChI=1S/C6H15O4P/c1-3-11(7,8)10-6-4-5-9-2/h3-6H2,1-2H3,(H,7,8). The fraction of sp³-hybridized carbons (Fsp3) is 1.00. The zero-order valence-electron chi connectivity index (χ0n) is 6.95. The summed E-state index contributed by atoms with van der Waals surface area (Å²) in [6.45, 7) is 2.47. The molecule has 0 aromatic carbocycles. The molecule has 4 nitrogen and oxygen atoms in total. The first-order valence-corrected chi connectivity index (χ1v) is 5.34. The van der Waals surface area contributed by atoms with Gasteiger partial charge in [0.1, 0.15) is 0 Å². The zero-order chi connectivity index (χ0) is 8.74. The van der Waals surface area contributed by atoms with Crippen molar-refractivity contribution in [2.45, 2.75) is 13.3 Å². The lowest BCUT2D eigenvalue weighted by Crippen LogP contribution is -1.98. The number of hydrogen-bond donors (Lipinski definition) is 1. The van der Waals surface area contributed by atoms with Gasteiger partial charge in [0.15, 0.2) is 0 Å². The molecule has 0 saturated carbocycles. The molecule has 68 valence electrons. The average molecular weight is 182 g/mol. The predicted molar refractivity (Wildman–Crippen MR) is 42.8 cm³/mol. The van der Waals surface area contributed by atoms with E-state index in [0.717, 1.165) is 0 Å². The van der Waals surface area contributed by atoms with Gasteiger partial charge in [-0.15, -0.1) is 0 Å². The first-order valence-electron chi connectivity index (χ1n) is 3.57. The fourth-order valence-corrected chi connectivity index (χ4v) is 1.10. The molecule has 0 aliphatic carbocycles. The molecular weight excluding hydrogens is 167 g/mol. The van der Waals surface area contributed by atoms with Gasteiger partial charge in [0.05, 0.1) is 6.61 Å². The molecule has 0 saturated heterocycles. The summed E-state index contributed by atoms with van der Waals surface area (Å²) in [6, 6.07) is 0. The molecule has 0 bridgehead atoms. The molecule has 1 atom stereocenters. The minimum Gasteiger partial charge on any atom is -0.385 e. The highest BCUT2D eigenvalue weighted by atomic mass is 31.2. The second-order valence-corrected chi connectivity index (χ2v) is 4.30. The number of ether oxygens (including phenoxy) is 1. The Kier molecular flexibility index (Phi) is 5.78. The molecule has 0 heterocycles. The van der Waals surface area contributed by atoms with Crippen LogP contribution in [0.1, 0.15) is 13.3 Å². The Bertz CT molecular complexity index is 137. The summed E-state index contributed by atoms with van der Waals surface area (Å²) in [7, 11) is -1.69. The summed E-state index contributed by atoms with van der Waals surface area (Å²) in [5, 5.41) is 0. The largest absolute Gasteiger partial charge is 0.385 e. The van der Waals surface area contributed by atoms with Gasteiger partial charge in [-0.05, 0) is 6.42 Å². The van der Waals surface area contributed by atoms with Gasteiger partial charge in [-0.25, -0.2) is 0 Å². The Morgan fingerprint density at radius 1 is 1.45 bits per heavy atom. The molecule has 5 heteroatoms. The Morgan fingerprint density at radius 3 is 2.55 bits per heavy atom. The first kappa shape index (κ1) is 11.1. The SMILES string of the molecule is CCP(=O)(O)OCCCOC. The van der Waals surface area contributed by atoms with Crippen LogP contribution in [0.4, 0.5) is 0 Å². The Morgan fingerprint density at radius 2 is 2.09 bits per heavy atom. The van der Waals surface area contributed by atoms with Crippen molar-refractivity contribution in [1.29, 1.82) is 0 Å². The second kappa shape index (κ2) is 5.72. The van der Waals surface area contributed by atoms with Gasteiger partial charge in [-0.2, -0.15) is 0 Å². The summed E-state index contributed by atoms with van der Waals surface area (Å²) in [5.41, 5.74) is 0. The van der Waals surface area contributed by atoms with E-state index in [-0.39, 0.29) is 12.8 Å². The van der Waals surface area contributed by atoms with E-state index in [2.05, 4.69) is 0 Å². The topological polar surface area (TPSA) is 55.8 Å². The van der Waals surface area contributed by atoms with Crippen LogP contribution >= 0.6 is 7.60 Å². The third-order valence-corrected chi connectivity index (χ3v) is 2.57.